The minimum absolute atomic E-state index is 0.0379. The van der Waals surface area contributed by atoms with Crippen LogP contribution in [0.25, 0.3) is 11.0 Å². The largest absolute Gasteiger partial charge is 0.328 e. The fourth-order valence-corrected chi connectivity index (χ4v) is 5.45. The molecule has 0 saturated carbocycles. The summed E-state index contributed by atoms with van der Waals surface area (Å²) in [5, 5.41) is 0. The van der Waals surface area contributed by atoms with Crippen molar-refractivity contribution in [2.24, 2.45) is 14.1 Å². The third-order valence-corrected chi connectivity index (χ3v) is 7.46. The van der Waals surface area contributed by atoms with Gasteiger partial charge in [0.25, 0.3) is 10.0 Å². The van der Waals surface area contributed by atoms with E-state index in [1.165, 1.54) is 40.0 Å². The summed E-state index contributed by atoms with van der Waals surface area (Å²) < 4.78 is 45.3. The molecule has 6 nitrogen and oxygen atoms in total. The molecule has 0 bridgehead atoms. The Morgan fingerprint density at radius 1 is 0.935 bits per heavy atom. The van der Waals surface area contributed by atoms with E-state index in [0.29, 0.717) is 21.6 Å². The molecule has 31 heavy (non-hydrogen) atoms. The van der Waals surface area contributed by atoms with E-state index in [1.807, 2.05) is 30.3 Å². The Morgan fingerprint density at radius 3 is 2.23 bits per heavy atom. The Balaban J connectivity index is 1.86. The number of rotatable bonds is 5. The summed E-state index contributed by atoms with van der Waals surface area (Å²) in [5.41, 5.74) is 1.65. The van der Waals surface area contributed by atoms with Crippen molar-refractivity contribution in [1.29, 1.82) is 0 Å². The number of benzene rings is 3. The van der Waals surface area contributed by atoms with E-state index in [9.17, 15) is 17.6 Å². The first-order chi connectivity index (χ1) is 14.7. The van der Waals surface area contributed by atoms with E-state index in [0.717, 1.165) is 11.0 Å². The highest BCUT2D eigenvalue weighted by atomic mass is 32.2. The summed E-state index contributed by atoms with van der Waals surface area (Å²) in [4.78, 5) is 13.9. The van der Waals surface area contributed by atoms with Crippen LogP contribution in [0.2, 0.25) is 0 Å². The van der Waals surface area contributed by atoms with Crippen LogP contribution in [0.3, 0.4) is 0 Å². The summed E-state index contributed by atoms with van der Waals surface area (Å²) in [6, 6.07) is 16.6. The lowest BCUT2D eigenvalue weighted by molar-refractivity contribution is 0.598. The Kier molecular flexibility index (Phi) is 5.40. The monoisotopic (exact) mass is 457 g/mol. The highest BCUT2D eigenvalue weighted by Gasteiger charge is 2.20. The second-order valence-corrected chi connectivity index (χ2v) is 9.97. The molecule has 0 aliphatic heterocycles. The third-order valence-electron chi connectivity index (χ3n) is 5.03. The lowest BCUT2D eigenvalue weighted by Gasteiger charge is -2.14. The fourth-order valence-electron chi connectivity index (χ4n) is 3.29. The van der Waals surface area contributed by atoms with Crippen LogP contribution in [0.4, 0.5) is 10.1 Å². The van der Waals surface area contributed by atoms with Crippen LogP contribution in [0.15, 0.2) is 80.1 Å². The van der Waals surface area contributed by atoms with Crippen molar-refractivity contribution in [2.45, 2.75) is 21.6 Å². The predicted molar refractivity (Wildman–Crippen MR) is 121 cm³/mol. The number of imidazole rings is 1. The molecule has 0 spiro atoms. The summed E-state index contributed by atoms with van der Waals surface area (Å²) in [5.74, 6) is -0.472. The van der Waals surface area contributed by atoms with Crippen LogP contribution in [0.5, 0.6) is 0 Å². The van der Waals surface area contributed by atoms with Crippen molar-refractivity contribution in [3.05, 3.63) is 82.5 Å². The molecule has 0 atom stereocenters. The molecule has 0 radical (unpaired) electrons. The number of sulfonamides is 1. The normalized spacial score (nSPS) is 11.7. The van der Waals surface area contributed by atoms with E-state index in [2.05, 4.69) is 4.72 Å². The molecular weight excluding hydrogens is 437 g/mol. The van der Waals surface area contributed by atoms with Crippen LogP contribution in [-0.4, -0.2) is 17.6 Å². The molecule has 0 unspecified atom stereocenters. The van der Waals surface area contributed by atoms with E-state index >= 15 is 0 Å². The lowest BCUT2D eigenvalue weighted by atomic mass is 10.2. The maximum absolute atomic E-state index is 13.6. The molecule has 0 amide bonds. The minimum atomic E-state index is -3.98. The van der Waals surface area contributed by atoms with Gasteiger partial charge in [0.2, 0.25) is 0 Å². The minimum Gasteiger partial charge on any atom is -0.295 e. The van der Waals surface area contributed by atoms with Crippen molar-refractivity contribution in [2.75, 3.05) is 4.72 Å². The van der Waals surface area contributed by atoms with Gasteiger partial charge in [-0.25, -0.2) is 17.6 Å². The van der Waals surface area contributed by atoms with E-state index in [4.69, 9.17) is 0 Å². The number of nitrogens with one attached hydrogen (secondary N) is 1. The van der Waals surface area contributed by atoms with Gasteiger partial charge in [-0.1, -0.05) is 30.0 Å². The van der Waals surface area contributed by atoms with Crippen molar-refractivity contribution in [3.8, 4) is 0 Å². The zero-order valence-corrected chi connectivity index (χ0v) is 18.7. The molecule has 4 rings (SSSR count). The van der Waals surface area contributed by atoms with Crippen LogP contribution in [0.1, 0.15) is 5.56 Å². The molecule has 1 N–H and O–H groups in total. The highest BCUT2D eigenvalue weighted by Crippen LogP contribution is 2.37. The summed E-state index contributed by atoms with van der Waals surface area (Å²) in [7, 11) is -0.668. The number of nitrogens with zero attached hydrogens (tertiary/aromatic N) is 2. The van der Waals surface area contributed by atoms with Gasteiger partial charge in [-0.15, -0.1) is 0 Å². The van der Waals surface area contributed by atoms with Gasteiger partial charge in [-0.05, 0) is 55.0 Å². The molecule has 0 aliphatic rings. The third kappa shape index (κ3) is 3.98. The quantitative estimate of drug-likeness (QED) is 0.486. The standard InChI is InChI=1S/C22H20FN3O3S2/c1-14-11-16(9-10-17(14)23)31(28,29)24-18-12-19-20(26(3)22(27)25(19)2)13-21(18)30-15-7-5-4-6-8-15/h4-13,24H,1-3H3. The van der Waals surface area contributed by atoms with Crippen LogP contribution in [0, 0.1) is 12.7 Å². The summed E-state index contributed by atoms with van der Waals surface area (Å²) >= 11 is 1.38. The maximum atomic E-state index is 13.6. The van der Waals surface area contributed by atoms with Crippen molar-refractivity contribution >= 4 is 38.5 Å². The number of aryl methyl sites for hydroxylation is 3. The second kappa shape index (κ2) is 7.90. The second-order valence-electron chi connectivity index (χ2n) is 7.17. The van der Waals surface area contributed by atoms with Crippen molar-refractivity contribution in [1.82, 2.24) is 9.13 Å². The fraction of sp³-hybridized carbons (Fsp3) is 0.136. The van der Waals surface area contributed by atoms with Crippen LogP contribution in [-0.2, 0) is 24.1 Å². The van der Waals surface area contributed by atoms with E-state index in [1.54, 1.807) is 26.2 Å². The number of aromatic nitrogens is 2. The highest BCUT2D eigenvalue weighted by molar-refractivity contribution is 7.99. The Morgan fingerprint density at radius 2 is 1.58 bits per heavy atom. The van der Waals surface area contributed by atoms with Crippen LogP contribution >= 0.6 is 11.8 Å². The topological polar surface area (TPSA) is 73.1 Å². The number of halogens is 1. The first kappa shape index (κ1) is 21.2. The number of anilines is 1. The molecule has 9 heteroatoms. The molecule has 0 aliphatic carbocycles. The number of hydrogen-bond donors (Lipinski definition) is 1. The molecule has 3 aromatic carbocycles. The predicted octanol–water partition coefficient (Wildman–Crippen LogP) is 4.28. The van der Waals surface area contributed by atoms with Gasteiger partial charge < -0.3 is 0 Å². The number of fused-ring (bicyclic) bond motifs is 1. The first-order valence-electron chi connectivity index (χ1n) is 9.39. The Labute approximate surface area is 183 Å². The SMILES string of the molecule is Cc1cc(S(=O)(=O)Nc2cc3c(cc2Sc2ccccc2)n(C)c(=O)n3C)ccc1F. The molecule has 0 fully saturated rings. The van der Waals surface area contributed by atoms with Gasteiger partial charge in [-0.2, -0.15) is 0 Å². The average Bonchev–Trinajstić information content (AvgIpc) is 2.94. The summed E-state index contributed by atoms with van der Waals surface area (Å²) in [6.45, 7) is 1.51. The van der Waals surface area contributed by atoms with Gasteiger partial charge in [0.15, 0.2) is 0 Å². The number of hydrogen-bond acceptors (Lipinski definition) is 4. The first-order valence-corrected chi connectivity index (χ1v) is 11.7. The van der Waals surface area contributed by atoms with Gasteiger partial charge in [-0.3, -0.25) is 13.9 Å². The zero-order chi connectivity index (χ0) is 22.3. The maximum Gasteiger partial charge on any atom is 0.328 e. The molecular formula is C22H20FN3O3S2. The Bertz CT molecular complexity index is 1460. The van der Waals surface area contributed by atoms with E-state index in [-0.39, 0.29) is 16.1 Å². The van der Waals surface area contributed by atoms with E-state index < -0.39 is 15.8 Å². The zero-order valence-electron chi connectivity index (χ0n) is 17.1. The van der Waals surface area contributed by atoms with Gasteiger partial charge in [0.1, 0.15) is 5.82 Å². The smallest absolute Gasteiger partial charge is 0.295 e. The van der Waals surface area contributed by atoms with Crippen LogP contribution < -0.4 is 10.4 Å². The Hall–Kier alpha value is -3.04. The van der Waals surface area contributed by atoms with Gasteiger partial charge >= 0.3 is 5.69 Å². The molecule has 1 heterocycles. The molecule has 4 aromatic rings. The van der Waals surface area contributed by atoms with Crippen molar-refractivity contribution < 1.29 is 12.8 Å². The van der Waals surface area contributed by atoms with Gasteiger partial charge in [0.05, 0.1) is 21.6 Å². The average molecular weight is 458 g/mol. The lowest BCUT2D eigenvalue weighted by Crippen LogP contribution is -2.19. The van der Waals surface area contributed by atoms with Crippen molar-refractivity contribution in [3.63, 3.8) is 0 Å². The molecule has 160 valence electrons. The summed E-state index contributed by atoms with van der Waals surface area (Å²) in [6.07, 6.45) is 0. The van der Waals surface area contributed by atoms with Gasteiger partial charge in [0, 0.05) is 23.9 Å². The molecule has 1 aromatic heterocycles. The molecule has 0 saturated heterocycles.